The van der Waals surface area contributed by atoms with Crippen LogP contribution in [0.5, 0.6) is 0 Å². The summed E-state index contributed by atoms with van der Waals surface area (Å²) in [5.74, 6) is 1.36. The van der Waals surface area contributed by atoms with Gasteiger partial charge in [-0.3, -0.25) is 0 Å². The maximum atomic E-state index is 4.47. The molecule has 0 saturated heterocycles. The molecule has 4 heteroatoms. The molecule has 0 amide bonds. The summed E-state index contributed by atoms with van der Waals surface area (Å²) in [5, 5.41) is 6.74. The minimum Gasteiger partial charge on any atom is -0.337 e. The second kappa shape index (κ2) is 7.49. The normalized spacial score (nSPS) is 10.3. The predicted molar refractivity (Wildman–Crippen MR) is 107 cm³/mol. The number of hydrogen-bond acceptors (Lipinski definition) is 4. The van der Waals surface area contributed by atoms with Gasteiger partial charge in [-0.05, 0) is 23.8 Å². The molecule has 1 heterocycles. The van der Waals surface area contributed by atoms with E-state index in [0.29, 0.717) is 11.6 Å². The Bertz CT molecular complexity index is 985. The van der Waals surface area contributed by atoms with Crippen molar-refractivity contribution in [2.24, 2.45) is 0 Å². The van der Waals surface area contributed by atoms with Gasteiger partial charge in [0, 0.05) is 29.3 Å². The van der Waals surface area contributed by atoms with Crippen molar-refractivity contribution in [3.63, 3.8) is 0 Å². The molecule has 1 aromatic heterocycles. The third kappa shape index (κ3) is 3.54. The maximum absolute atomic E-state index is 4.47. The van der Waals surface area contributed by atoms with Gasteiger partial charge in [0.15, 0.2) is 11.6 Å². The van der Waals surface area contributed by atoms with Crippen LogP contribution in [0.2, 0.25) is 0 Å². The molecule has 126 valence electrons. The second-order valence-corrected chi connectivity index (χ2v) is 5.78. The van der Waals surface area contributed by atoms with Crippen molar-refractivity contribution >= 4 is 23.0 Å². The highest BCUT2D eigenvalue weighted by atomic mass is 15.1. The monoisotopic (exact) mass is 338 g/mol. The minimum atomic E-state index is 0.680. The Morgan fingerprint density at radius 3 is 1.85 bits per heavy atom. The standard InChI is InChI=1S/C22H18N4/c1-3-9-17(10-4-1)19-13-7-8-14-20(19)26-22-21(23-15-16-24-22)25-18-11-5-2-6-12-18/h1-16H,(H,23,25)(H,24,26). The number of hydrogen-bond donors (Lipinski definition) is 2. The van der Waals surface area contributed by atoms with E-state index in [2.05, 4.69) is 38.8 Å². The fraction of sp³-hybridized carbons (Fsp3) is 0. The highest BCUT2D eigenvalue weighted by Crippen LogP contribution is 2.31. The first-order valence-electron chi connectivity index (χ1n) is 8.45. The van der Waals surface area contributed by atoms with Crippen LogP contribution in [0.1, 0.15) is 0 Å². The zero-order chi connectivity index (χ0) is 17.6. The van der Waals surface area contributed by atoms with Gasteiger partial charge in [0.25, 0.3) is 0 Å². The number of nitrogens with zero attached hydrogens (tertiary/aromatic N) is 2. The molecule has 0 aliphatic heterocycles. The average molecular weight is 338 g/mol. The fourth-order valence-corrected chi connectivity index (χ4v) is 2.77. The maximum Gasteiger partial charge on any atom is 0.173 e. The van der Waals surface area contributed by atoms with Gasteiger partial charge in [-0.2, -0.15) is 0 Å². The third-order valence-corrected chi connectivity index (χ3v) is 4.00. The predicted octanol–water partition coefficient (Wildman–Crippen LogP) is 5.63. The van der Waals surface area contributed by atoms with Crippen LogP contribution >= 0.6 is 0 Å². The van der Waals surface area contributed by atoms with Gasteiger partial charge >= 0.3 is 0 Å². The Hall–Kier alpha value is -3.66. The van der Waals surface area contributed by atoms with E-state index >= 15 is 0 Å². The molecule has 0 spiro atoms. The molecule has 4 aromatic rings. The van der Waals surface area contributed by atoms with Crippen molar-refractivity contribution in [1.29, 1.82) is 0 Å². The highest BCUT2D eigenvalue weighted by Gasteiger charge is 2.09. The lowest BCUT2D eigenvalue weighted by Gasteiger charge is -2.14. The number of aromatic nitrogens is 2. The molecule has 0 aliphatic carbocycles. The van der Waals surface area contributed by atoms with Crippen LogP contribution in [0.25, 0.3) is 11.1 Å². The molecule has 2 N–H and O–H groups in total. The van der Waals surface area contributed by atoms with Gasteiger partial charge in [-0.15, -0.1) is 0 Å². The van der Waals surface area contributed by atoms with Crippen molar-refractivity contribution in [2.75, 3.05) is 10.6 Å². The summed E-state index contributed by atoms with van der Waals surface area (Å²) in [6.45, 7) is 0. The lowest BCUT2D eigenvalue weighted by molar-refractivity contribution is 1.19. The summed E-state index contributed by atoms with van der Waals surface area (Å²) in [6.07, 6.45) is 3.36. The first kappa shape index (κ1) is 15.8. The van der Waals surface area contributed by atoms with Crippen LogP contribution in [0, 0.1) is 0 Å². The second-order valence-electron chi connectivity index (χ2n) is 5.78. The van der Waals surface area contributed by atoms with E-state index in [0.717, 1.165) is 22.5 Å². The Balaban J connectivity index is 1.67. The first-order valence-corrected chi connectivity index (χ1v) is 8.45. The largest absolute Gasteiger partial charge is 0.337 e. The smallest absolute Gasteiger partial charge is 0.173 e. The van der Waals surface area contributed by atoms with Crippen LogP contribution < -0.4 is 10.6 Å². The van der Waals surface area contributed by atoms with Crippen molar-refractivity contribution in [1.82, 2.24) is 9.97 Å². The molecule has 0 atom stereocenters. The van der Waals surface area contributed by atoms with Gasteiger partial charge in [-0.25, -0.2) is 9.97 Å². The van der Waals surface area contributed by atoms with Gasteiger partial charge in [0.05, 0.1) is 0 Å². The summed E-state index contributed by atoms with van der Waals surface area (Å²) >= 11 is 0. The van der Waals surface area contributed by atoms with Gasteiger partial charge in [0.1, 0.15) is 0 Å². The van der Waals surface area contributed by atoms with E-state index in [1.54, 1.807) is 12.4 Å². The molecule has 0 fully saturated rings. The molecule has 0 unspecified atom stereocenters. The molecular weight excluding hydrogens is 320 g/mol. The van der Waals surface area contributed by atoms with Crippen LogP contribution in [-0.4, -0.2) is 9.97 Å². The number of nitrogens with one attached hydrogen (secondary N) is 2. The van der Waals surface area contributed by atoms with E-state index in [4.69, 9.17) is 0 Å². The Morgan fingerprint density at radius 1 is 0.538 bits per heavy atom. The zero-order valence-corrected chi connectivity index (χ0v) is 14.1. The van der Waals surface area contributed by atoms with Crippen molar-refractivity contribution in [2.45, 2.75) is 0 Å². The molecule has 4 rings (SSSR count). The fourth-order valence-electron chi connectivity index (χ4n) is 2.77. The van der Waals surface area contributed by atoms with Crippen LogP contribution in [-0.2, 0) is 0 Å². The van der Waals surface area contributed by atoms with Crippen LogP contribution in [0.3, 0.4) is 0 Å². The first-order chi connectivity index (χ1) is 12.9. The van der Waals surface area contributed by atoms with Crippen LogP contribution in [0.15, 0.2) is 97.3 Å². The van der Waals surface area contributed by atoms with E-state index in [1.165, 1.54) is 0 Å². The third-order valence-electron chi connectivity index (χ3n) is 4.00. The summed E-state index contributed by atoms with van der Waals surface area (Å²) in [4.78, 5) is 8.91. The molecule has 0 saturated carbocycles. The molecule has 3 aromatic carbocycles. The summed E-state index contributed by atoms with van der Waals surface area (Å²) in [6, 6.07) is 28.4. The lowest BCUT2D eigenvalue weighted by atomic mass is 10.0. The summed E-state index contributed by atoms with van der Waals surface area (Å²) < 4.78 is 0. The Labute approximate surface area is 152 Å². The van der Waals surface area contributed by atoms with E-state index in [1.807, 2.05) is 66.7 Å². The topological polar surface area (TPSA) is 49.8 Å². The van der Waals surface area contributed by atoms with Gasteiger partial charge in [0.2, 0.25) is 0 Å². The lowest BCUT2D eigenvalue weighted by Crippen LogP contribution is -2.02. The zero-order valence-electron chi connectivity index (χ0n) is 14.1. The average Bonchev–Trinajstić information content (AvgIpc) is 2.71. The molecule has 0 aliphatic rings. The summed E-state index contributed by atoms with van der Waals surface area (Å²) in [5.41, 5.74) is 4.21. The molecule has 4 nitrogen and oxygen atoms in total. The number of benzene rings is 3. The van der Waals surface area contributed by atoms with Crippen LogP contribution in [0.4, 0.5) is 23.0 Å². The number of rotatable bonds is 5. The Morgan fingerprint density at radius 2 is 1.12 bits per heavy atom. The van der Waals surface area contributed by atoms with E-state index in [-0.39, 0.29) is 0 Å². The SMILES string of the molecule is c1ccc(Nc2nccnc2Nc2ccccc2-c2ccccc2)cc1. The molecular formula is C22H18N4. The highest BCUT2D eigenvalue weighted by molar-refractivity contribution is 5.82. The van der Waals surface area contributed by atoms with Crippen molar-refractivity contribution < 1.29 is 0 Å². The minimum absolute atomic E-state index is 0.680. The molecule has 0 bridgehead atoms. The summed E-state index contributed by atoms with van der Waals surface area (Å²) in [7, 11) is 0. The Kier molecular flexibility index (Phi) is 4.56. The van der Waals surface area contributed by atoms with E-state index < -0.39 is 0 Å². The van der Waals surface area contributed by atoms with Crippen molar-refractivity contribution in [3.8, 4) is 11.1 Å². The molecule has 0 radical (unpaired) electrons. The quantitative estimate of drug-likeness (QED) is 0.495. The van der Waals surface area contributed by atoms with Gasteiger partial charge < -0.3 is 10.6 Å². The van der Waals surface area contributed by atoms with Crippen molar-refractivity contribution in [3.05, 3.63) is 97.3 Å². The molecule has 26 heavy (non-hydrogen) atoms. The number of para-hydroxylation sites is 2. The van der Waals surface area contributed by atoms with Gasteiger partial charge in [-0.1, -0.05) is 66.7 Å². The number of anilines is 4. The van der Waals surface area contributed by atoms with E-state index in [9.17, 15) is 0 Å².